The number of fused-ring (bicyclic) bond motifs is 1. The quantitative estimate of drug-likeness (QED) is 0.489. The second-order valence-corrected chi connectivity index (χ2v) is 7.11. The molecule has 0 N–H and O–H groups in total. The molecule has 3 aromatic rings. The summed E-state index contributed by atoms with van der Waals surface area (Å²) in [5, 5.41) is 1.48. The van der Waals surface area contributed by atoms with Crippen LogP contribution in [0.4, 0.5) is 5.82 Å². The minimum absolute atomic E-state index is 0.226. The van der Waals surface area contributed by atoms with Crippen molar-refractivity contribution in [1.29, 1.82) is 0 Å². The Hall–Kier alpha value is -3.43. The number of hydrogen-bond acceptors (Lipinski definition) is 4. The molecule has 2 heterocycles. The molecule has 6 nitrogen and oxygen atoms in total. The second kappa shape index (κ2) is 7.90. The molecule has 1 unspecified atom stereocenters. The van der Waals surface area contributed by atoms with Crippen molar-refractivity contribution in [3.05, 3.63) is 77.9 Å². The number of anilines is 1. The van der Waals surface area contributed by atoms with E-state index < -0.39 is 6.17 Å². The highest BCUT2D eigenvalue weighted by Crippen LogP contribution is 2.35. The van der Waals surface area contributed by atoms with Crippen LogP contribution in [0.25, 0.3) is 26.9 Å². The molecule has 0 saturated carbocycles. The number of hydrogen-bond donors (Lipinski definition) is 0. The Morgan fingerprint density at radius 2 is 2.03 bits per heavy atom. The average Bonchev–Trinajstić information content (AvgIpc) is 2.77. The number of carbonyl (C=O) groups is 1. The van der Waals surface area contributed by atoms with Crippen LogP contribution in [0.15, 0.2) is 61.4 Å². The molecule has 0 bridgehead atoms. The SMILES string of the molecule is [C-]#[N+]C1CN(c2ncnc3cc(Cl)c(-c4ccccc4)cc23)CCN1C(=O)C=C. The largest absolute Gasteiger partial charge is 0.344 e. The van der Waals surface area contributed by atoms with Gasteiger partial charge in [0.25, 0.3) is 5.91 Å². The normalized spacial score (nSPS) is 16.5. The summed E-state index contributed by atoms with van der Waals surface area (Å²) in [6.45, 7) is 12.4. The van der Waals surface area contributed by atoms with Gasteiger partial charge in [0.05, 0.1) is 10.5 Å². The first kappa shape index (κ1) is 18.9. The smallest absolute Gasteiger partial charge is 0.318 e. The molecule has 1 atom stereocenters. The molecular weight excluding hydrogens is 386 g/mol. The molecule has 1 saturated heterocycles. The minimum atomic E-state index is -0.583. The molecule has 0 radical (unpaired) electrons. The molecule has 7 heteroatoms. The molecule has 1 aliphatic rings. The summed E-state index contributed by atoms with van der Waals surface area (Å²) in [5.74, 6) is 0.513. The summed E-state index contributed by atoms with van der Waals surface area (Å²) < 4.78 is 0. The van der Waals surface area contributed by atoms with E-state index in [1.54, 1.807) is 4.90 Å². The predicted octanol–water partition coefficient (Wildman–Crippen LogP) is 4.03. The van der Waals surface area contributed by atoms with E-state index >= 15 is 0 Å². The summed E-state index contributed by atoms with van der Waals surface area (Å²) in [6, 6.07) is 13.7. The van der Waals surface area contributed by atoms with Gasteiger partial charge in [0.1, 0.15) is 18.7 Å². The van der Waals surface area contributed by atoms with Crippen LogP contribution >= 0.6 is 11.6 Å². The second-order valence-electron chi connectivity index (χ2n) is 6.70. The Kier molecular flexibility index (Phi) is 5.15. The Balaban J connectivity index is 1.76. The van der Waals surface area contributed by atoms with Gasteiger partial charge in [-0.15, -0.1) is 0 Å². The van der Waals surface area contributed by atoms with Gasteiger partial charge in [0, 0.05) is 24.0 Å². The van der Waals surface area contributed by atoms with Gasteiger partial charge in [0.15, 0.2) is 0 Å². The van der Waals surface area contributed by atoms with Gasteiger partial charge >= 0.3 is 6.17 Å². The Bertz CT molecular complexity index is 1130. The van der Waals surface area contributed by atoms with Crippen molar-refractivity contribution in [2.75, 3.05) is 24.5 Å². The van der Waals surface area contributed by atoms with E-state index in [2.05, 4.69) is 21.4 Å². The molecule has 0 aliphatic carbocycles. The van der Waals surface area contributed by atoms with Crippen molar-refractivity contribution < 1.29 is 4.79 Å². The van der Waals surface area contributed by atoms with E-state index in [1.807, 2.05) is 47.4 Å². The van der Waals surface area contributed by atoms with E-state index in [0.29, 0.717) is 24.7 Å². The molecule has 1 aliphatic heterocycles. The number of piperazine rings is 1. The van der Waals surface area contributed by atoms with Crippen LogP contribution in [-0.4, -0.2) is 46.6 Å². The van der Waals surface area contributed by atoms with E-state index in [4.69, 9.17) is 18.2 Å². The van der Waals surface area contributed by atoms with Gasteiger partial charge < -0.3 is 4.90 Å². The molecule has 1 fully saturated rings. The van der Waals surface area contributed by atoms with Crippen LogP contribution in [0.5, 0.6) is 0 Å². The third kappa shape index (κ3) is 3.53. The van der Waals surface area contributed by atoms with E-state index in [1.165, 1.54) is 12.4 Å². The van der Waals surface area contributed by atoms with Crippen LogP contribution in [-0.2, 0) is 4.79 Å². The Morgan fingerprint density at radius 3 is 2.76 bits per heavy atom. The molecule has 29 heavy (non-hydrogen) atoms. The molecule has 4 rings (SSSR count). The van der Waals surface area contributed by atoms with E-state index in [0.717, 1.165) is 27.8 Å². The zero-order valence-corrected chi connectivity index (χ0v) is 16.4. The maximum atomic E-state index is 12.0. The van der Waals surface area contributed by atoms with Gasteiger partial charge in [-0.25, -0.2) is 16.5 Å². The number of aromatic nitrogens is 2. The summed E-state index contributed by atoms with van der Waals surface area (Å²) >= 11 is 6.52. The van der Waals surface area contributed by atoms with Crippen LogP contribution in [0, 0.1) is 6.57 Å². The molecular formula is C22H18ClN5O. The lowest BCUT2D eigenvalue weighted by atomic mass is 10.0. The van der Waals surface area contributed by atoms with Crippen molar-refractivity contribution in [2.24, 2.45) is 0 Å². The summed E-state index contributed by atoms with van der Waals surface area (Å²) in [7, 11) is 0. The number of halogens is 1. The van der Waals surface area contributed by atoms with Crippen LogP contribution in [0.2, 0.25) is 5.02 Å². The van der Waals surface area contributed by atoms with Gasteiger partial charge in [-0.3, -0.25) is 14.5 Å². The third-order valence-corrected chi connectivity index (χ3v) is 5.36. The summed E-state index contributed by atoms with van der Waals surface area (Å²) in [5.41, 5.74) is 2.65. The zero-order valence-electron chi connectivity index (χ0n) is 15.6. The van der Waals surface area contributed by atoms with Gasteiger partial charge in [-0.2, -0.15) is 0 Å². The lowest BCUT2D eigenvalue weighted by molar-refractivity contribution is -0.127. The Labute approximate surface area is 173 Å². The highest BCUT2D eigenvalue weighted by atomic mass is 35.5. The molecule has 1 aromatic heterocycles. The molecule has 144 valence electrons. The first-order valence-electron chi connectivity index (χ1n) is 9.16. The number of amides is 1. The fourth-order valence-corrected chi connectivity index (χ4v) is 3.86. The van der Waals surface area contributed by atoms with Gasteiger partial charge in [0.2, 0.25) is 0 Å². The number of benzene rings is 2. The van der Waals surface area contributed by atoms with Crippen molar-refractivity contribution >= 4 is 34.2 Å². The maximum Gasteiger partial charge on any atom is 0.318 e. The summed E-state index contributed by atoms with van der Waals surface area (Å²) in [6.07, 6.45) is 2.17. The van der Waals surface area contributed by atoms with Crippen molar-refractivity contribution in [3.8, 4) is 11.1 Å². The highest BCUT2D eigenvalue weighted by Gasteiger charge is 2.34. The van der Waals surface area contributed by atoms with Crippen molar-refractivity contribution in [1.82, 2.24) is 14.9 Å². The van der Waals surface area contributed by atoms with Crippen LogP contribution in [0.3, 0.4) is 0 Å². The first-order valence-corrected chi connectivity index (χ1v) is 9.54. The maximum absolute atomic E-state index is 12.0. The number of carbonyl (C=O) groups excluding carboxylic acids is 1. The topological polar surface area (TPSA) is 53.7 Å². The van der Waals surface area contributed by atoms with Gasteiger partial charge in [-0.1, -0.05) is 48.5 Å². The van der Waals surface area contributed by atoms with Crippen LogP contribution in [0.1, 0.15) is 0 Å². The third-order valence-electron chi connectivity index (χ3n) is 5.05. The lowest BCUT2D eigenvalue weighted by Gasteiger charge is -2.35. The number of rotatable bonds is 3. The average molecular weight is 404 g/mol. The Morgan fingerprint density at radius 1 is 1.24 bits per heavy atom. The highest BCUT2D eigenvalue weighted by molar-refractivity contribution is 6.34. The zero-order chi connectivity index (χ0) is 20.4. The van der Waals surface area contributed by atoms with Crippen molar-refractivity contribution in [3.63, 3.8) is 0 Å². The van der Waals surface area contributed by atoms with Crippen LogP contribution < -0.4 is 4.90 Å². The fraction of sp³-hybridized carbons (Fsp3) is 0.182. The lowest BCUT2D eigenvalue weighted by Crippen LogP contribution is -2.53. The summed E-state index contributed by atoms with van der Waals surface area (Å²) in [4.78, 5) is 28.1. The monoisotopic (exact) mass is 403 g/mol. The molecule has 1 amide bonds. The number of nitrogens with zero attached hydrogens (tertiary/aromatic N) is 5. The molecule has 2 aromatic carbocycles. The van der Waals surface area contributed by atoms with E-state index in [9.17, 15) is 4.79 Å². The van der Waals surface area contributed by atoms with E-state index in [-0.39, 0.29) is 5.91 Å². The predicted molar refractivity (Wildman–Crippen MR) is 114 cm³/mol. The van der Waals surface area contributed by atoms with Crippen molar-refractivity contribution in [2.45, 2.75) is 6.17 Å². The van der Waals surface area contributed by atoms with Gasteiger partial charge in [-0.05, 0) is 23.8 Å². The standard InChI is InChI=1S/C22H18ClN5O/c1-3-21(29)28-10-9-27(13-20(28)24-2)22-17-11-16(15-7-5-4-6-8-15)18(23)12-19(17)25-14-26-22/h3-8,11-12,14,20H,1,9-10,13H2. The first-order chi connectivity index (χ1) is 14.1. The fourth-order valence-electron chi connectivity index (χ4n) is 3.60. The molecule has 0 spiro atoms. The minimum Gasteiger partial charge on any atom is -0.344 e.